The molecule has 11 rings (SSSR count). The number of hydrogen-bond acceptors (Lipinski definition) is 3. The maximum absolute atomic E-state index is 6.51. The third-order valence-corrected chi connectivity index (χ3v) is 17.7. The lowest BCUT2D eigenvalue weighted by molar-refractivity contribution is 0.669. The minimum atomic E-state index is -2.71. The van der Waals surface area contributed by atoms with Gasteiger partial charge in [0, 0.05) is 43.7 Å². The fraction of sp³-hybridized carbons (Fsp3) is 0. The van der Waals surface area contributed by atoms with Crippen LogP contribution in [0, 0.1) is 0 Å². The van der Waals surface area contributed by atoms with E-state index in [1.165, 1.54) is 52.0 Å². The summed E-state index contributed by atoms with van der Waals surface area (Å²) in [6, 6.07) is 82.0. The molecule has 0 unspecified atom stereocenters. The van der Waals surface area contributed by atoms with Crippen LogP contribution in [0.5, 0.6) is 0 Å². The van der Waals surface area contributed by atoms with Gasteiger partial charge in [-0.25, -0.2) is 0 Å². The van der Waals surface area contributed by atoms with Crippen LogP contribution in [0.1, 0.15) is 0 Å². The van der Waals surface area contributed by atoms with Gasteiger partial charge in [-0.2, -0.15) is 0 Å². The Bertz CT molecular complexity index is 3120. The lowest BCUT2D eigenvalue weighted by Crippen LogP contribution is -2.74. The first-order chi connectivity index (χ1) is 28.8. The van der Waals surface area contributed by atoms with E-state index in [0.29, 0.717) is 0 Å². The van der Waals surface area contributed by atoms with E-state index in [-0.39, 0.29) is 0 Å². The fourth-order valence-electron chi connectivity index (χ4n) is 9.03. The SMILES string of the molecule is c1ccc(-c2cccc3c2sc2c(N(c4ccc([Si](c5ccccc5)(c5ccccc5)c5ccccc5)cc4)c4ccc5c(c4)oc4ccccc45)cccc23)cc1. The van der Waals surface area contributed by atoms with Crippen LogP contribution in [-0.4, -0.2) is 8.07 Å². The zero-order chi connectivity index (χ0) is 38.5. The first-order valence-corrected chi connectivity index (χ1v) is 22.6. The normalized spacial score (nSPS) is 11.8. The van der Waals surface area contributed by atoms with Crippen molar-refractivity contribution in [2.75, 3.05) is 4.90 Å². The van der Waals surface area contributed by atoms with Crippen molar-refractivity contribution in [1.29, 1.82) is 0 Å². The number of fused-ring (bicyclic) bond motifs is 6. The molecule has 2 nitrogen and oxygen atoms in total. The van der Waals surface area contributed by atoms with E-state index in [4.69, 9.17) is 4.42 Å². The molecule has 0 saturated carbocycles. The highest BCUT2D eigenvalue weighted by atomic mass is 32.1. The highest BCUT2D eigenvalue weighted by molar-refractivity contribution is 7.27. The summed E-state index contributed by atoms with van der Waals surface area (Å²) >= 11 is 1.88. The van der Waals surface area contributed by atoms with Crippen molar-refractivity contribution in [2.24, 2.45) is 0 Å². The average molecular weight is 776 g/mol. The maximum atomic E-state index is 6.51. The van der Waals surface area contributed by atoms with Gasteiger partial charge in [0.05, 0.1) is 10.4 Å². The quantitative estimate of drug-likeness (QED) is 0.113. The zero-order valence-electron chi connectivity index (χ0n) is 31.6. The van der Waals surface area contributed by atoms with Gasteiger partial charge in [0.1, 0.15) is 11.2 Å². The molecule has 2 heterocycles. The van der Waals surface area contributed by atoms with E-state index >= 15 is 0 Å². The molecule has 274 valence electrons. The number of benzene rings is 9. The highest BCUT2D eigenvalue weighted by Crippen LogP contribution is 2.47. The molecule has 0 fully saturated rings. The van der Waals surface area contributed by atoms with Gasteiger partial charge in [-0.1, -0.05) is 182 Å². The number of furan rings is 1. The molecule has 58 heavy (non-hydrogen) atoms. The van der Waals surface area contributed by atoms with Gasteiger partial charge in [0.2, 0.25) is 0 Å². The van der Waals surface area contributed by atoms with Crippen LogP contribution in [0.15, 0.2) is 229 Å². The van der Waals surface area contributed by atoms with Crippen LogP contribution < -0.4 is 25.6 Å². The number of rotatable bonds is 8. The van der Waals surface area contributed by atoms with Crippen molar-refractivity contribution < 1.29 is 4.42 Å². The summed E-state index contributed by atoms with van der Waals surface area (Å²) in [7, 11) is -2.71. The van der Waals surface area contributed by atoms with Crippen molar-refractivity contribution in [3.8, 4) is 11.1 Å². The number of hydrogen-bond donors (Lipinski definition) is 0. The van der Waals surface area contributed by atoms with Gasteiger partial charge in [-0.15, -0.1) is 11.3 Å². The molecule has 0 aliphatic rings. The van der Waals surface area contributed by atoms with Crippen LogP contribution in [-0.2, 0) is 0 Å². The standard InChI is InChI=1S/C54H37NOSSi/c1-5-17-38(18-6-1)45-26-15-27-48-49-28-16-29-50(54(49)57-53(45)48)55(40-33-36-47-46-25-13-14-30-51(46)56-52(47)37-40)39-31-34-44(35-32-39)58(41-19-7-2-8-20-41,42-21-9-3-10-22-42)43-23-11-4-12-24-43/h1-37H. The van der Waals surface area contributed by atoms with E-state index in [2.05, 4.69) is 223 Å². The Balaban J connectivity index is 1.15. The molecule has 2 aromatic heterocycles. The topological polar surface area (TPSA) is 16.4 Å². The van der Waals surface area contributed by atoms with Crippen LogP contribution in [0.25, 0.3) is 53.2 Å². The Morgan fingerprint density at radius 2 is 0.862 bits per heavy atom. The molecule has 0 saturated heterocycles. The third kappa shape index (κ3) is 5.53. The maximum Gasteiger partial charge on any atom is 0.179 e. The van der Waals surface area contributed by atoms with E-state index in [1.54, 1.807) is 0 Å². The molecule has 4 heteroatoms. The second kappa shape index (κ2) is 14.2. The first-order valence-electron chi connectivity index (χ1n) is 19.8. The predicted molar refractivity (Wildman–Crippen MR) is 250 cm³/mol. The lowest BCUT2D eigenvalue weighted by Gasteiger charge is -2.35. The Morgan fingerprint density at radius 1 is 0.362 bits per heavy atom. The first kappa shape index (κ1) is 34.3. The predicted octanol–water partition coefficient (Wildman–Crippen LogP) is 12.5. The number of para-hydroxylation sites is 1. The molecular weight excluding hydrogens is 739 g/mol. The van der Waals surface area contributed by atoms with Gasteiger partial charge >= 0.3 is 0 Å². The van der Waals surface area contributed by atoms with Gasteiger partial charge < -0.3 is 9.32 Å². The van der Waals surface area contributed by atoms with Crippen LogP contribution in [0.2, 0.25) is 0 Å². The highest BCUT2D eigenvalue weighted by Gasteiger charge is 2.41. The zero-order valence-corrected chi connectivity index (χ0v) is 33.4. The van der Waals surface area contributed by atoms with Gasteiger partial charge in [-0.05, 0) is 68.3 Å². The molecule has 0 aliphatic carbocycles. The van der Waals surface area contributed by atoms with E-state index in [0.717, 1.165) is 39.0 Å². The lowest BCUT2D eigenvalue weighted by atomic mass is 10.0. The Morgan fingerprint density at radius 3 is 1.52 bits per heavy atom. The second-order valence-electron chi connectivity index (χ2n) is 14.8. The summed E-state index contributed by atoms with van der Waals surface area (Å²) in [5, 5.41) is 10.2. The van der Waals surface area contributed by atoms with Crippen LogP contribution in [0.4, 0.5) is 17.1 Å². The Labute approximate surface area is 342 Å². The fourth-order valence-corrected chi connectivity index (χ4v) is 15.1. The molecule has 0 bridgehead atoms. The molecule has 0 aliphatic heterocycles. The smallest absolute Gasteiger partial charge is 0.179 e. The summed E-state index contributed by atoms with van der Waals surface area (Å²) in [5.74, 6) is 0. The third-order valence-electron chi connectivity index (χ3n) is 11.6. The number of nitrogens with zero attached hydrogens (tertiary/aromatic N) is 1. The summed E-state index contributed by atoms with van der Waals surface area (Å²) < 4.78 is 9.05. The summed E-state index contributed by atoms with van der Waals surface area (Å²) in [5.41, 5.74) is 7.53. The minimum Gasteiger partial charge on any atom is -0.456 e. The molecule has 9 aromatic carbocycles. The second-order valence-corrected chi connectivity index (χ2v) is 19.6. The van der Waals surface area contributed by atoms with Gasteiger partial charge in [0.15, 0.2) is 8.07 Å². The molecule has 0 radical (unpaired) electrons. The molecule has 0 spiro atoms. The minimum absolute atomic E-state index is 0.874. The van der Waals surface area contributed by atoms with E-state index < -0.39 is 8.07 Å². The van der Waals surface area contributed by atoms with Gasteiger partial charge in [0.25, 0.3) is 0 Å². The number of anilines is 3. The molecule has 0 N–H and O–H groups in total. The molecule has 0 atom stereocenters. The van der Waals surface area contributed by atoms with Crippen molar-refractivity contribution in [3.63, 3.8) is 0 Å². The number of thiophene rings is 1. The molecule has 0 amide bonds. The molecule has 11 aromatic rings. The van der Waals surface area contributed by atoms with Crippen molar-refractivity contribution in [1.82, 2.24) is 0 Å². The van der Waals surface area contributed by atoms with Crippen molar-refractivity contribution in [3.05, 3.63) is 224 Å². The summed E-state index contributed by atoms with van der Waals surface area (Å²) in [6.45, 7) is 0. The Kier molecular flexibility index (Phi) is 8.39. The Hall–Kier alpha value is -6.98. The summed E-state index contributed by atoms with van der Waals surface area (Å²) in [6.07, 6.45) is 0. The van der Waals surface area contributed by atoms with Crippen LogP contribution in [0.3, 0.4) is 0 Å². The average Bonchev–Trinajstić information content (AvgIpc) is 3.88. The summed E-state index contributed by atoms with van der Waals surface area (Å²) in [4.78, 5) is 2.42. The largest absolute Gasteiger partial charge is 0.456 e. The molecular formula is C54H37NOSSi. The van der Waals surface area contributed by atoms with Crippen molar-refractivity contribution in [2.45, 2.75) is 0 Å². The van der Waals surface area contributed by atoms with E-state index in [9.17, 15) is 0 Å². The van der Waals surface area contributed by atoms with Crippen LogP contribution >= 0.6 is 11.3 Å². The van der Waals surface area contributed by atoms with Crippen molar-refractivity contribution >= 4 is 99.3 Å². The van der Waals surface area contributed by atoms with E-state index in [1.807, 2.05) is 17.4 Å². The van der Waals surface area contributed by atoms with Gasteiger partial charge in [-0.3, -0.25) is 0 Å². The monoisotopic (exact) mass is 775 g/mol.